The number of aliphatic hydroxyl groups is 2. The minimum atomic E-state index is -5.32. The summed E-state index contributed by atoms with van der Waals surface area (Å²) in [6, 6.07) is 0.937. The molecular weight excluding hydrogens is 612 g/mol. The van der Waals surface area contributed by atoms with Gasteiger partial charge in [-0.25, -0.2) is 19.7 Å². The Morgan fingerprint density at radius 3 is 2.07 bits per heavy atom. The van der Waals surface area contributed by atoms with Crippen LogP contribution in [0.15, 0.2) is 34.5 Å². The highest BCUT2D eigenvalue weighted by molar-refractivity contribution is 7.46. The van der Waals surface area contributed by atoms with E-state index in [0.29, 0.717) is 0 Å². The van der Waals surface area contributed by atoms with Crippen molar-refractivity contribution < 1.29 is 56.7 Å². The number of hydrogen-bond acceptors (Lipinski definition) is 18. The Balaban J connectivity index is 1.28. The van der Waals surface area contributed by atoms with Gasteiger partial charge < -0.3 is 53.3 Å². The average Bonchev–Trinajstić information content (AvgIpc) is 3.57. The summed E-state index contributed by atoms with van der Waals surface area (Å²) < 4.78 is 58.7. The molecule has 3 aromatic rings. The molecule has 3 saturated heterocycles. The minimum absolute atomic E-state index is 0.0156. The van der Waals surface area contributed by atoms with Crippen molar-refractivity contribution in [2.75, 3.05) is 18.9 Å². The van der Waals surface area contributed by atoms with Crippen molar-refractivity contribution in [3.05, 3.63) is 45.8 Å². The number of phosphoric ester groups is 2. The molecule has 23 heteroatoms. The van der Waals surface area contributed by atoms with Crippen LogP contribution in [0.3, 0.4) is 0 Å². The van der Waals surface area contributed by atoms with E-state index in [0.717, 1.165) is 23.2 Å². The molecule has 42 heavy (non-hydrogen) atoms. The van der Waals surface area contributed by atoms with Gasteiger partial charge in [0.1, 0.15) is 48.5 Å². The van der Waals surface area contributed by atoms with E-state index in [1.807, 2.05) is 4.98 Å². The van der Waals surface area contributed by atoms with Gasteiger partial charge in [-0.3, -0.25) is 28.0 Å². The summed E-state index contributed by atoms with van der Waals surface area (Å²) in [5.74, 6) is 0.0156. The van der Waals surface area contributed by atoms with Crippen LogP contribution < -0.4 is 26.8 Å². The lowest BCUT2D eigenvalue weighted by Gasteiger charge is -2.34. The number of aromatic nitrogens is 6. The van der Waals surface area contributed by atoms with Gasteiger partial charge in [-0.15, -0.1) is 0 Å². The molecule has 2 unspecified atom stereocenters. The highest BCUT2D eigenvalue weighted by Gasteiger charge is 2.51. The van der Waals surface area contributed by atoms with Gasteiger partial charge in [0, 0.05) is 12.3 Å². The number of aliphatic hydroxyl groups excluding tert-OH is 2. The first-order valence-corrected chi connectivity index (χ1v) is 15.0. The Bertz CT molecular complexity index is 1710. The standard InChI is InChI=1S/C19H23N7O14P2/c20-15-10-16(22-5-21-15)26(6-23-10)18-12(29)14-8(38-18)4-36-41(31,32)39-13-7(3-35-42(33,34)40-14)37-17(11(13)28)25-2-1-9(27)24-19(25)30/h1-2,5-8,11-14,17-18,28-29H,3-4H2,(H,31,32)(H,33,34)(H2,20,21,22)(H,24,27,30)/p-2/t7-,8-,11-,12-,13-,14-,17-,18-/m1/s1. The van der Waals surface area contributed by atoms with Gasteiger partial charge in [0.25, 0.3) is 21.2 Å². The summed E-state index contributed by atoms with van der Waals surface area (Å²) in [6.45, 7) is -1.88. The summed E-state index contributed by atoms with van der Waals surface area (Å²) in [5.41, 5.74) is 4.28. The highest BCUT2D eigenvalue weighted by atomic mass is 31.2. The first-order chi connectivity index (χ1) is 19.8. The summed E-state index contributed by atoms with van der Waals surface area (Å²) in [4.78, 5) is 63.1. The molecule has 3 aliphatic heterocycles. The van der Waals surface area contributed by atoms with E-state index in [4.69, 9.17) is 33.3 Å². The number of nitrogens with one attached hydrogen (secondary N) is 1. The molecule has 0 saturated carbocycles. The fourth-order valence-electron chi connectivity index (χ4n) is 4.80. The lowest BCUT2D eigenvalue weighted by Crippen LogP contribution is -2.41. The van der Waals surface area contributed by atoms with Crippen molar-refractivity contribution in [3.63, 3.8) is 0 Å². The fraction of sp³-hybridized carbons (Fsp3) is 0.526. The zero-order chi connectivity index (χ0) is 30.0. The van der Waals surface area contributed by atoms with Crippen molar-refractivity contribution in [3.8, 4) is 0 Å². The molecule has 21 nitrogen and oxygen atoms in total. The molecule has 10 atom stereocenters. The number of fused-ring (bicyclic) bond motifs is 3. The third-order valence-electron chi connectivity index (χ3n) is 6.70. The van der Waals surface area contributed by atoms with Gasteiger partial charge in [-0.2, -0.15) is 0 Å². The Kier molecular flexibility index (Phi) is 7.41. The van der Waals surface area contributed by atoms with Gasteiger partial charge in [-0.05, 0) is 0 Å². The first kappa shape index (κ1) is 29.2. The molecule has 0 bridgehead atoms. The number of imidazole rings is 1. The van der Waals surface area contributed by atoms with E-state index in [9.17, 15) is 38.7 Å². The van der Waals surface area contributed by atoms with E-state index >= 15 is 0 Å². The number of ether oxygens (including phenoxy) is 2. The Morgan fingerprint density at radius 2 is 1.50 bits per heavy atom. The van der Waals surface area contributed by atoms with Crippen LogP contribution in [0.1, 0.15) is 12.5 Å². The first-order valence-electron chi connectivity index (χ1n) is 12.0. The van der Waals surface area contributed by atoms with Crippen LogP contribution in [0.4, 0.5) is 5.82 Å². The normalized spacial score (nSPS) is 39.3. The Labute approximate surface area is 232 Å². The van der Waals surface area contributed by atoms with Crippen LogP contribution in [0.2, 0.25) is 0 Å². The second-order valence-electron chi connectivity index (χ2n) is 9.34. The lowest BCUT2D eigenvalue weighted by atomic mass is 10.1. The monoisotopic (exact) mass is 633 g/mol. The van der Waals surface area contributed by atoms with Crippen LogP contribution in [-0.4, -0.2) is 89.1 Å². The molecule has 0 amide bonds. The molecule has 0 aliphatic carbocycles. The van der Waals surface area contributed by atoms with Gasteiger partial charge >= 0.3 is 5.69 Å². The molecule has 0 aromatic carbocycles. The Morgan fingerprint density at radius 1 is 0.929 bits per heavy atom. The maximum absolute atomic E-state index is 12.8. The number of hydrogen-bond donors (Lipinski definition) is 4. The molecule has 228 valence electrons. The average molecular weight is 633 g/mol. The van der Waals surface area contributed by atoms with E-state index in [1.165, 1.54) is 10.9 Å². The predicted molar refractivity (Wildman–Crippen MR) is 128 cm³/mol. The smallest absolute Gasteiger partial charge is 0.330 e. The summed E-state index contributed by atoms with van der Waals surface area (Å²) in [6.07, 6.45) is -10.1. The quantitative estimate of drug-likeness (QED) is 0.197. The zero-order valence-corrected chi connectivity index (χ0v) is 22.6. The molecule has 6 rings (SSSR count). The van der Waals surface area contributed by atoms with Gasteiger partial charge in [-0.1, -0.05) is 0 Å². The topological polar surface area (TPSA) is 301 Å². The van der Waals surface area contributed by atoms with E-state index < -0.39 is 89.2 Å². The van der Waals surface area contributed by atoms with Crippen LogP contribution in [0, 0.1) is 0 Å². The van der Waals surface area contributed by atoms with Crippen molar-refractivity contribution in [1.82, 2.24) is 29.1 Å². The summed E-state index contributed by atoms with van der Waals surface area (Å²) >= 11 is 0. The van der Waals surface area contributed by atoms with Crippen LogP contribution in [0.25, 0.3) is 11.2 Å². The SMILES string of the molecule is Nc1ncnc2c1ncn2[C@@H]1O[C@@H]2COP(=O)([O-])O[C@H]3[C@@H](O)[C@H](n4ccc(=O)[nH]c4=O)O[C@@H]3COP(=O)([O-])O[C@H]2[C@H]1O. The fourth-order valence-corrected chi connectivity index (χ4v) is 6.70. The lowest BCUT2D eigenvalue weighted by molar-refractivity contribution is -0.244. The number of H-pyrrole nitrogens is 1. The number of nitrogen functional groups attached to an aromatic ring is 1. The maximum atomic E-state index is 12.8. The molecule has 3 aliphatic rings. The second kappa shape index (κ2) is 10.7. The number of nitrogens with two attached hydrogens (primary N) is 1. The third kappa shape index (κ3) is 5.34. The second-order valence-corrected chi connectivity index (χ2v) is 12.1. The van der Waals surface area contributed by atoms with Crippen molar-refractivity contribution in [1.29, 1.82) is 0 Å². The third-order valence-corrected chi connectivity index (χ3v) is 8.63. The highest BCUT2D eigenvalue weighted by Crippen LogP contribution is 2.50. The molecule has 6 heterocycles. The van der Waals surface area contributed by atoms with Crippen molar-refractivity contribution >= 4 is 32.6 Å². The number of nitrogens with zero attached hydrogens (tertiary/aromatic N) is 5. The predicted octanol–water partition coefficient (Wildman–Crippen LogP) is -3.77. The number of anilines is 1. The maximum Gasteiger partial charge on any atom is 0.330 e. The number of aromatic amines is 1. The zero-order valence-electron chi connectivity index (χ0n) is 20.8. The molecule has 0 spiro atoms. The summed E-state index contributed by atoms with van der Waals surface area (Å²) in [5, 5.41) is 21.8. The molecule has 3 aromatic heterocycles. The van der Waals surface area contributed by atoms with E-state index in [1.54, 1.807) is 0 Å². The van der Waals surface area contributed by atoms with Gasteiger partial charge in [0.2, 0.25) is 0 Å². The molecule has 0 radical (unpaired) electrons. The van der Waals surface area contributed by atoms with Gasteiger partial charge in [0.15, 0.2) is 23.9 Å². The largest absolute Gasteiger partial charge is 0.756 e. The van der Waals surface area contributed by atoms with Crippen molar-refractivity contribution in [2.24, 2.45) is 0 Å². The van der Waals surface area contributed by atoms with Crippen molar-refractivity contribution in [2.45, 2.75) is 49.1 Å². The summed E-state index contributed by atoms with van der Waals surface area (Å²) in [7, 11) is -10.6. The molecule has 5 N–H and O–H groups in total. The van der Waals surface area contributed by atoms with E-state index in [-0.39, 0.29) is 17.0 Å². The van der Waals surface area contributed by atoms with Gasteiger partial charge in [0.05, 0.1) is 19.5 Å². The Hall–Kier alpha value is -2.91. The number of rotatable bonds is 2. The minimum Gasteiger partial charge on any atom is -0.756 e. The molecular formula is C19H21N7O14P2-2. The number of phosphoric acid groups is 2. The molecule has 3 fully saturated rings. The van der Waals surface area contributed by atoms with Crippen LogP contribution >= 0.6 is 15.6 Å². The van der Waals surface area contributed by atoms with Crippen LogP contribution in [-0.2, 0) is 36.7 Å². The van der Waals surface area contributed by atoms with Crippen LogP contribution in [0.5, 0.6) is 0 Å². The van der Waals surface area contributed by atoms with E-state index in [2.05, 4.69) is 15.0 Å².